The Morgan fingerprint density at radius 3 is 2.44 bits per heavy atom. The average molecular weight is 334 g/mol. The molecule has 0 radical (unpaired) electrons. The molecule has 0 bridgehead atoms. The highest BCUT2D eigenvalue weighted by Crippen LogP contribution is 2.15. The molecule has 1 atom stereocenters. The van der Waals surface area contributed by atoms with E-state index in [0.29, 0.717) is 12.1 Å². The van der Waals surface area contributed by atoms with Gasteiger partial charge in [-0.3, -0.25) is 15.6 Å². The number of benzene rings is 2. The molecule has 0 spiro atoms. The van der Waals surface area contributed by atoms with E-state index < -0.39 is 6.04 Å². The van der Waals surface area contributed by atoms with Crippen LogP contribution in [0.2, 0.25) is 0 Å². The molecule has 7 heteroatoms. The Morgan fingerprint density at radius 2 is 1.72 bits per heavy atom. The van der Waals surface area contributed by atoms with Gasteiger partial charge in [0, 0.05) is 5.56 Å². The second kappa shape index (κ2) is 7.98. The van der Waals surface area contributed by atoms with Crippen molar-refractivity contribution < 1.29 is 4.79 Å². The predicted octanol–water partition coefficient (Wildman–Crippen LogP) is 1.55. The molecule has 1 unspecified atom stereocenters. The Morgan fingerprint density at radius 1 is 1.04 bits per heavy atom. The first-order valence-corrected chi connectivity index (χ1v) is 7.83. The maximum Gasteiger partial charge on any atom is 0.262 e. The second-order valence-electron chi connectivity index (χ2n) is 5.44. The van der Waals surface area contributed by atoms with Crippen LogP contribution in [0.15, 0.2) is 66.9 Å². The Labute approximate surface area is 145 Å². The van der Waals surface area contributed by atoms with Crippen LogP contribution in [0.1, 0.15) is 5.56 Å². The molecule has 7 nitrogen and oxygen atoms in total. The Kier molecular flexibility index (Phi) is 5.28. The van der Waals surface area contributed by atoms with E-state index in [9.17, 15) is 4.79 Å². The van der Waals surface area contributed by atoms with Crippen LogP contribution in [0.3, 0.4) is 0 Å². The number of nitrogens with two attached hydrogens (primary N) is 1. The van der Waals surface area contributed by atoms with Crippen molar-refractivity contribution >= 4 is 11.9 Å². The second-order valence-corrected chi connectivity index (χ2v) is 5.44. The van der Waals surface area contributed by atoms with E-state index in [-0.39, 0.29) is 11.9 Å². The van der Waals surface area contributed by atoms with Gasteiger partial charge in [-0.1, -0.05) is 60.7 Å². The van der Waals surface area contributed by atoms with E-state index >= 15 is 0 Å². The van der Waals surface area contributed by atoms with E-state index in [1.807, 2.05) is 60.7 Å². The first-order chi connectivity index (χ1) is 12.2. The minimum atomic E-state index is -0.680. The van der Waals surface area contributed by atoms with Gasteiger partial charge in [0.2, 0.25) is 0 Å². The lowest BCUT2D eigenvalue weighted by molar-refractivity contribution is -0.121. The number of amides is 1. The summed E-state index contributed by atoms with van der Waals surface area (Å²) in [4.78, 5) is 16.4. The lowest BCUT2D eigenvalue weighted by atomic mass is 10.1. The standard InChI is InChI=1S/C18H18N6O/c19-15(11-13-7-3-1-4-8-13)17(25)22-24-18-21-16(12-20-23-18)14-9-5-2-6-10-14/h1-10,12,15H,11,19H2,(H,22,25)(H,21,23,24). The molecule has 0 saturated heterocycles. The summed E-state index contributed by atoms with van der Waals surface area (Å²) >= 11 is 0. The molecule has 0 aliphatic heterocycles. The van der Waals surface area contributed by atoms with Gasteiger partial charge >= 0.3 is 0 Å². The maximum atomic E-state index is 12.1. The van der Waals surface area contributed by atoms with Crippen LogP contribution in [-0.4, -0.2) is 27.1 Å². The van der Waals surface area contributed by atoms with Gasteiger partial charge in [0.25, 0.3) is 11.9 Å². The number of rotatable bonds is 6. The first-order valence-electron chi connectivity index (χ1n) is 7.83. The molecule has 3 aromatic rings. The third-order valence-corrected chi connectivity index (χ3v) is 3.56. The summed E-state index contributed by atoms with van der Waals surface area (Å²) in [7, 11) is 0. The molecule has 0 aliphatic rings. The molecular weight excluding hydrogens is 316 g/mol. The van der Waals surface area contributed by atoms with Gasteiger partial charge in [-0.2, -0.15) is 5.10 Å². The van der Waals surface area contributed by atoms with E-state index in [1.165, 1.54) is 0 Å². The van der Waals surface area contributed by atoms with Gasteiger partial charge in [-0.25, -0.2) is 4.98 Å². The van der Waals surface area contributed by atoms with Crippen molar-refractivity contribution in [3.05, 3.63) is 72.4 Å². The van der Waals surface area contributed by atoms with Gasteiger partial charge in [0.15, 0.2) is 0 Å². The molecule has 1 heterocycles. The van der Waals surface area contributed by atoms with Gasteiger partial charge in [-0.05, 0) is 12.0 Å². The van der Waals surface area contributed by atoms with E-state index in [2.05, 4.69) is 26.0 Å². The van der Waals surface area contributed by atoms with Crippen molar-refractivity contribution in [1.82, 2.24) is 20.6 Å². The van der Waals surface area contributed by atoms with Crippen LogP contribution >= 0.6 is 0 Å². The summed E-state index contributed by atoms with van der Waals surface area (Å²) in [5, 5.41) is 7.75. The molecule has 0 aliphatic carbocycles. The number of carbonyl (C=O) groups is 1. The topological polar surface area (TPSA) is 106 Å². The fourth-order valence-corrected chi connectivity index (χ4v) is 2.28. The smallest absolute Gasteiger partial charge is 0.262 e. The zero-order valence-corrected chi connectivity index (χ0v) is 13.5. The summed E-state index contributed by atoms with van der Waals surface area (Å²) in [5.74, 6) is -0.154. The highest BCUT2D eigenvalue weighted by molar-refractivity contribution is 5.82. The van der Waals surface area contributed by atoms with Crippen molar-refractivity contribution in [3.63, 3.8) is 0 Å². The Balaban J connectivity index is 1.59. The Bertz CT molecular complexity index is 825. The summed E-state index contributed by atoms with van der Waals surface area (Å²) in [6, 6.07) is 18.5. The van der Waals surface area contributed by atoms with Crippen molar-refractivity contribution in [1.29, 1.82) is 0 Å². The molecule has 2 aromatic carbocycles. The van der Waals surface area contributed by atoms with Crippen LogP contribution in [0.25, 0.3) is 11.3 Å². The van der Waals surface area contributed by atoms with E-state index in [4.69, 9.17) is 5.73 Å². The van der Waals surface area contributed by atoms with E-state index in [0.717, 1.165) is 11.1 Å². The molecule has 126 valence electrons. The van der Waals surface area contributed by atoms with Gasteiger partial charge in [-0.15, -0.1) is 5.10 Å². The SMILES string of the molecule is NC(Cc1ccccc1)C(=O)NNc1nncc(-c2ccccc2)n1. The fourth-order valence-electron chi connectivity index (χ4n) is 2.28. The number of carbonyl (C=O) groups excluding carboxylic acids is 1. The first kappa shape index (κ1) is 16.5. The highest BCUT2D eigenvalue weighted by atomic mass is 16.2. The number of nitrogens with one attached hydrogen (secondary N) is 2. The van der Waals surface area contributed by atoms with E-state index in [1.54, 1.807) is 6.20 Å². The predicted molar refractivity (Wildman–Crippen MR) is 95.1 cm³/mol. The number of hydrazine groups is 1. The monoisotopic (exact) mass is 334 g/mol. The lowest BCUT2D eigenvalue weighted by Crippen LogP contribution is -2.44. The number of hydrogen-bond donors (Lipinski definition) is 3. The zero-order chi connectivity index (χ0) is 17.5. The van der Waals surface area contributed by atoms with Crippen molar-refractivity contribution in [2.24, 2.45) is 5.73 Å². The molecular formula is C18H18N6O. The molecule has 1 amide bonds. The molecule has 3 rings (SSSR count). The number of nitrogens with zero attached hydrogens (tertiary/aromatic N) is 3. The lowest BCUT2D eigenvalue weighted by Gasteiger charge is -2.13. The number of anilines is 1. The fraction of sp³-hybridized carbons (Fsp3) is 0.111. The summed E-state index contributed by atoms with van der Waals surface area (Å²) in [5.41, 5.74) is 13.7. The van der Waals surface area contributed by atoms with Crippen LogP contribution in [-0.2, 0) is 11.2 Å². The van der Waals surface area contributed by atoms with Crippen LogP contribution in [0, 0.1) is 0 Å². The number of aromatic nitrogens is 3. The summed E-state index contributed by atoms with van der Waals surface area (Å²) in [6.07, 6.45) is 2.00. The van der Waals surface area contributed by atoms with Crippen LogP contribution in [0.5, 0.6) is 0 Å². The molecule has 1 aromatic heterocycles. The average Bonchev–Trinajstić information content (AvgIpc) is 2.68. The minimum absolute atomic E-state index is 0.196. The quantitative estimate of drug-likeness (QED) is 0.591. The third-order valence-electron chi connectivity index (χ3n) is 3.56. The van der Waals surface area contributed by atoms with Crippen molar-refractivity contribution in [2.45, 2.75) is 12.5 Å². The molecule has 0 saturated carbocycles. The van der Waals surface area contributed by atoms with Crippen LogP contribution in [0.4, 0.5) is 5.95 Å². The Hall–Kier alpha value is -3.32. The molecule has 4 N–H and O–H groups in total. The molecule has 0 fully saturated rings. The number of hydrogen-bond acceptors (Lipinski definition) is 6. The normalized spacial score (nSPS) is 11.6. The van der Waals surface area contributed by atoms with Crippen LogP contribution < -0.4 is 16.6 Å². The summed E-state index contributed by atoms with van der Waals surface area (Å²) < 4.78 is 0. The highest BCUT2D eigenvalue weighted by Gasteiger charge is 2.14. The largest absolute Gasteiger partial charge is 0.320 e. The van der Waals surface area contributed by atoms with Crippen molar-refractivity contribution in [2.75, 3.05) is 5.43 Å². The van der Waals surface area contributed by atoms with Gasteiger partial charge in [0.05, 0.1) is 17.9 Å². The van der Waals surface area contributed by atoms with Crippen molar-refractivity contribution in [3.8, 4) is 11.3 Å². The minimum Gasteiger partial charge on any atom is -0.320 e. The van der Waals surface area contributed by atoms with Gasteiger partial charge in [0.1, 0.15) is 0 Å². The summed E-state index contributed by atoms with van der Waals surface area (Å²) in [6.45, 7) is 0. The van der Waals surface area contributed by atoms with Gasteiger partial charge < -0.3 is 5.73 Å². The molecule has 25 heavy (non-hydrogen) atoms. The maximum absolute atomic E-state index is 12.1. The zero-order valence-electron chi connectivity index (χ0n) is 13.5. The third kappa shape index (κ3) is 4.58.